The van der Waals surface area contributed by atoms with Crippen molar-refractivity contribution in [2.45, 2.75) is 13.0 Å². The molecule has 2 aliphatic rings. The third-order valence-electron chi connectivity index (χ3n) is 4.11. The molecular weight excluding hydrogens is 315 g/mol. The van der Waals surface area contributed by atoms with Crippen molar-refractivity contribution < 1.29 is 0 Å². The zero-order valence-corrected chi connectivity index (χ0v) is 13.4. The summed E-state index contributed by atoms with van der Waals surface area (Å²) in [4.78, 5) is 7.17. The van der Waals surface area contributed by atoms with E-state index in [1.807, 2.05) is 18.2 Å². The third-order valence-corrected chi connectivity index (χ3v) is 4.67. The van der Waals surface area contributed by atoms with Crippen molar-refractivity contribution in [1.82, 2.24) is 4.90 Å². The molecule has 0 spiro atoms. The second kappa shape index (κ2) is 5.45. The van der Waals surface area contributed by atoms with Gasteiger partial charge in [0.25, 0.3) is 0 Å². The van der Waals surface area contributed by atoms with E-state index in [2.05, 4.69) is 29.2 Å². The number of amidine groups is 1. The minimum Gasteiger partial charge on any atom is -0.352 e. The molecule has 2 aromatic rings. The first-order valence-corrected chi connectivity index (χ1v) is 8.04. The highest BCUT2D eigenvalue weighted by Crippen LogP contribution is 2.34. The van der Waals surface area contributed by atoms with Gasteiger partial charge in [-0.2, -0.15) is 0 Å². The van der Waals surface area contributed by atoms with Crippen molar-refractivity contribution in [3.8, 4) is 0 Å². The molecule has 22 heavy (non-hydrogen) atoms. The standard InChI is InChI=1S/C18H14Cl2N2/c19-15-6-5-12(16(20)10-15)9-13-7-8-22-11-14-3-1-2-4-17(14)21-18(13)22/h1-6,9-10H,7-8,11H2/b13-9+. The molecule has 0 saturated carbocycles. The van der Waals surface area contributed by atoms with Gasteiger partial charge in [-0.25, -0.2) is 4.99 Å². The predicted octanol–water partition coefficient (Wildman–Crippen LogP) is 5.33. The maximum absolute atomic E-state index is 6.28. The molecule has 0 amide bonds. The highest BCUT2D eigenvalue weighted by Gasteiger charge is 2.27. The Bertz CT molecular complexity index is 808. The molecule has 0 aliphatic carbocycles. The van der Waals surface area contributed by atoms with Gasteiger partial charge in [0.2, 0.25) is 0 Å². The minimum atomic E-state index is 0.657. The van der Waals surface area contributed by atoms with E-state index < -0.39 is 0 Å². The number of rotatable bonds is 1. The van der Waals surface area contributed by atoms with Gasteiger partial charge in [0, 0.05) is 23.1 Å². The largest absolute Gasteiger partial charge is 0.352 e. The fourth-order valence-corrected chi connectivity index (χ4v) is 3.45. The smallest absolute Gasteiger partial charge is 0.132 e. The van der Waals surface area contributed by atoms with Crippen LogP contribution in [0.3, 0.4) is 0 Å². The van der Waals surface area contributed by atoms with Crippen LogP contribution in [-0.4, -0.2) is 17.3 Å². The molecule has 2 aromatic carbocycles. The minimum absolute atomic E-state index is 0.657. The zero-order valence-electron chi connectivity index (χ0n) is 11.9. The molecule has 0 radical (unpaired) electrons. The molecule has 1 fully saturated rings. The molecule has 0 unspecified atom stereocenters. The first-order valence-electron chi connectivity index (χ1n) is 7.28. The van der Waals surface area contributed by atoms with Crippen LogP contribution < -0.4 is 0 Å². The summed E-state index contributed by atoms with van der Waals surface area (Å²) < 4.78 is 0. The SMILES string of the molecule is Clc1ccc(/C=C2\CCN3Cc4ccccc4N=C23)c(Cl)c1. The normalized spacial score (nSPS) is 18.2. The highest BCUT2D eigenvalue weighted by molar-refractivity contribution is 6.35. The molecule has 110 valence electrons. The topological polar surface area (TPSA) is 15.6 Å². The van der Waals surface area contributed by atoms with Crippen LogP contribution in [0, 0.1) is 0 Å². The Morgan fingerprint density at radius 1 is 1.09 bits per heavy atom. The molecular formula is C18H14Cl2N2. The zero-order chi connectivity index (χ0) is 15.1. The van der Waals surface area contributed by atoms with Gasteiger partial charge in [-0.1, -0.05) is 47.5 Å². The first kappa shape index (κ1) is 13.9. The summed E-state index contributed by atoms with van der Waals surface area (Å²) in [5.74, 6) is 1.07. The summed E-state index contributed by atoms with van der Waals surface area (Å²) in [6.45, 7) is 1.94. The quantitative estimate of drug-likeness (QED) is 0.691. The van der Waals surface area contributed by atoms with Gasteiger partial charge >= 0.3 is 0 Å². The van der Waals surface area contributed by atoms with Crippen molar-refractivity contribution in [3.05, 3.63) is 69.2 Å². The molecule has 4 heteroatoms. The monoisotopic (exact) mass is 328 g/mol. The summed E-state index contributed by atoms with van der Waals surface area (Å²) in [6.07, 6.45) is 3.12. The molecule has 2 heterocycles. The van der Waals surface area contributed by atoms with Gasteiger partial charge in [0.1, 0.15) is 5.84 Å². The Labute approximate surface area is 139 Å². The fourth-order valence-electron chi connectivity index (χ4n) is 2.99. The number of nitrogens with zero attached hydrogens (tertiary/aromatic N) is 2. The lowest BCUT2D eigenvalue weighted by Crippen LogP contribution is -2.27. The van der Waals surface area contributed by atoms with Gasteiger partial charge in [-0.05, 0) is 47.4 Å². The van der Waals surface area contributed by atoms with Crippen molar-refractivity contribution in [3.63, 3.8) is 0 Å². The van der Waals surface area contributed by atoms with E-state index >= 15 is 0 Å². The van der Waals surface area contributed by atoms with Gasteiger partial charge < -0.3 is 4.90 Å². The first-order chi connectivity index (χ1) is 10.7. The number of aliphatic imine (C=N–C) groups is 1. The molecule has 1 saturated heterocycles. The lowest BCUT2D eigenvalue weighted by Gasteiger charge is -2.24. The van der Waals surface area contributed by atoms with Crippen molar-refractivity contribution >= 4 is 40.8 Å². The third kappa shape index (κ3) is 2.43. The molecule has 2 nitrogen and oxygen atoms in total. The fraction of sp³-hybridized carbons (Fsp3) is 0.167. The highest BCUT2D eigenvalue weighted by atomic mass is 35.5. The van der Waals surface area contributed by atoms with Crippen LogP contribution in [0.5, 0.6) is 0 Å². The van der Waals surface area contributed by atoms with E-state index in [0.717, 1.165) is 36.6 Å². The van der Waals surface area contributed by atoms with E-state index in [1.54, 1.807) is 6.07 Å². The number of hydrogen-bond donors (Lipinski definition) is 0. The van der Waals surface area contributed by atoms with Crippen LogP contribution in [0.1, 0.15) is 17.5 Å². The lowest BCUT2D eigenvalue weighted by molar-refractivity contribution is 0.443. The molecule has 0 bridgehead atoms. The average molecular weight is 329 g/mol. The van der Waals surface area contributed by atoms with E-state index in [9.17, 15) is 0 Å². The van der Waals surface area contributed by atoms with Crippen molar-refractivity contribution in [2.24, 2.45) is 4.99 Å². The van der Waals surface area contributed by atoms with Crippen LogP contribution in [0.2, 0.25) is 10.0 Å². The molecule has 0 atom stereocenters. The predicted molar refractivity (Wildman–Crippen MR) is 93.0 cm³/mol. The van der Waals surface area contributed by atoms with Gasteiger partial charge in [0.05, 0.1) is 5.69 Å². The molecule has 0 aromatic heterocycles. The summed E-state index contributed by atoms with van der Waals surface area (Å²) in [6, 6.07) is 13.9. The number of halogens is 2. The van der Waals surface area contributed by atoms with Gasteiger partial charge in [0.15, 0.2) is 0 Å². The number of para-hydroxylation sites is 1. The van der Waals surface area contributed by atoms with Crippen LogP contribution in [0.4, 0.5) is 5.69 Å². The Morgan fingerprint density at radius 3 is 2.82 bits per heavy atom. The van der Waals surface area contributed by atoms with E-state index in [0.29, 0.717) is 10.0 Å². The maximum Gasteiger partial charge on any atom is 0.132 e. The van der Waals surface area contributed by atoms with Gasteiger partial charge in [-0.15, -0.1) is 0 Å². The molecule has 4 rings (SSSR count). The van der Waals surface area contributed by atoms with Gasteiger partial charge in [-0.3, -0.25) is 0 Å². The van der Waals surface area contributed by atoms with E-state index in [4.69, 9.17) is 28.2 Å². The van der Waals surface area contributed by atoms with Crippen molar-refractivity contribution in [2.75, 3.05) is 6.54 Å². The molecule has 2 aliphatic heterocycles. The maximum atomic E-state index is 6.28. The average Bonchev–Trinajstić information content (AvgIpc) is 2.90. The Hall–Kier alpha value is -1.77. The van der Waals surface area contributed by atoms with E-state index in [-0.39, 0.29) is 0 Å². The summed E-state index contributed by atoms with van der Waals surface area (Å²) in [7, 11) is 0. The van der Waals surface area contributed by atoms with Crippen LogP contribution >= 0.6 is 23.2 Å². The molecule has 0 N–H and O–H groups in total. The second-order valence-corrected chi connectivity index (χ2v) is 6.41. The van der Waals surface area contributed by atoms with Crippen LogP contribution in [0.15, 0.2) is 53.0 Å². The van der Waals surface area contributed by atoms with Crippen LogP contribution in [-0.2, 0) is 6.54 Å². The Balaban J connectivity index is 1.75. The Morgan fingerprint density at radius 2 is 1.95 bits per heavy atom. The van der Waals surface area contributed by atoms with Crippen molar-refractivity contribution in [1.29, 1.82) is 0 Å². The second-order valence-electron chi connectivity index (χ2n) is 5.57. The number of hydrogen-bond acceptors (Lipinski definition) is 2. The van der Waals surface area contributed by atoms with E-state index in [1.165, 1.54) is 11.1 Å². The summed E-state index contributed by atoms with van der Waals surface area (Å²) in [5.41, 5.74) is 4.59. The summed E-state index contributed by atoms with van der Waals surface area (Å²) in [5, 5.41) is 1.33. The number of benzene rings is 2. The lowest BCUT2D eigenvalue weighted by atomic mass is 10.1. The summed E-state index contributed by atoms with van der Waals surface area (Å²) >= 11 is 12.2. The Kier molecular flexibility index (Phi) is 3.44. The number of fused-ring (bicyclic) bond motifs is 2. The van der Waals surface area contributed by atoms with Crippen LogP contribution in [0.25, 0.3) is 6.08 Å².